The van der Waals surface area contributed by atoms with Crippen molar-refractivity contribution in [1.29, 1.82) is 0 Å². The van der Waals surface area contributed by atoms with Crippen LogP contribution < -0.4 is 5.32 Å². The Balaban J connectivity index is 1.53. The molecule has 0 atom stereocenters. The summed E-state index contributed by atoms with van der Waals surface area (Å²) in [7, 11) is 0. The molecule has 3 aromatic rings. The van der Waals surface area contributed by atoms with E-state index in [1.807, 2.05) is 24.7 Å². The second kappa shape index (κ2) is 6.45. The quantitative estimate of drug-likeness (QED) is 0.708. The molecule has 0 aliphatic rings. The monoisotopic (exact) mass is 284 g/mol. The van der Waals surface area contributed by atoms with E-state index < -0.39 is 0 Å². The molecular formula is C15H16N4S. The normalized spacial score (nSPS) is 10.8. The van der Waals surface area contributed by atoms with Gasteiger partial charge in [0.05, 0.1) is 4.88 Å². The zero-order valence-electron chi connectivity index (χ0n) is 11.1. The van der Waals surface area contributed by atoms with E-state index in [0.29, 0.717) is 0 Å². The molecule has 20 heavy (non-hydrogen) atoms. The molecule has 5 heteroatoms. The first-order valence-corrected chi connectivity index (χ1v) is 7.46. The van der Waals surface area contributed by atoms with E-state index in [1.54, 1.807) is 17.5 Å². The standard InChI is InChI=1S/C15H16N4S/c1-3-13(11-16-5-1)12-17-6-8-19-9-7-18-15(19)14-4-2-10-20-14/h1-5,7,9-11,17H,6,8,12H2. The van der Waals surface area contributed by atoms with Crippen LogP contribution in [0.5, 0.6) is 0 Å². The molecule has 0 amide bonds. The van der Waals surface area contributed by atoms with Gasteiger partial charge in [0, 0.05) is 44.4 Å². The van der Waals surface area contributed by atoms with Gasteiger partial charge < -0.3 is 9.88 Å². The number of hydrogen-bond acceptors (Lipinski definition) is 4. The van der Waals surface area contributed by atoms with E-state index >= 15 is 0 Å². The topological polar surface area (TPSA) is 42.7 Å². The van der Waals surface area contributed by atoms with Crippen molar-refractivity contribution in [3.8, 4) is 10.7 Å². The van der Waals surface area contributed by atoms with Gasteiger partial charge in [-0.1, -0.05) is 12.1 Å². The number of aromatic nitrogens is 3. The summed E-state index contributed by atoms with van der Waals surface area (Å²) < 4.78 is 2.18. The minimum absolute atomic E-state index is 0.844. The number of imidazole rings is 1. The van der Waals surface area contributed by atoms with Crippen molar-refractivity contribution in [1.82, 2.24) is 19.9 Å². The van der Waals surface area contributed by atoms with Gasteiger partial charge in [0.15, 0.2) is 0 Å². The highest BCUT2D eigenvalue weighted by Crippen LogP contribution is 2.22. The molecule has 0 saturated heterocycles. The summed E-state index contributed by atoms with van der Waals surface area (Å²) in [4.78, 5) is 9.75. The van der Waals surface area contributed by atoms with Gasteiger partial charge in [-0.05, 0) is 23.1 Å². The SMILES string of the molecule is c1cncc(CNCCn2ccnc2-c2cccs2)c1. The maximum Gasteiger partial charge on any atom is 0.150 e. The zero-order valence-corrected chi connectivity index (χ0v) is 11.9. The summed E-state index contributed by atoms with van der Waals surface area (Å²) in [6, 6.07) is 8.20. The van der Waals surface area contributed by atoms with Gasteiger partial charge in [-0.3, -0.25) is 4.98 Å². The highest BCUT2D eigenvalue weighted by Gasteiger charge is 2.05. The highest BCUT2D eigenvalue weighted by atomic mass is 32.1. The Labute approximate surface area is 122 Å². The fourth-order valence-corrected chi connectivity index (χ4v) is 2.79. The number of pyridine rings is 1. The number of nitrogens with one attached hydrogen (secondary N) is 1. The molecule has 0 spiro atoms. The average Bonchev–Trinajstić information content (AvgIpc) is 3.15. The van der Waals surface area contributed by atoms with Crippen LogP contribution in [0.3, 0.4) is 0 Å². The van der Waals surface area contributed by atoms with Crippen LogP contribution in [0.2, 0.25) is 0 Å². The maximum atomic E-state index is 4.43. The van der Waals surface area contributed by atoms with Crippen LogP contribution in [-0.4, -0.2) is 21.1 Å². The van der Waals surface area contributed by atoms with Crippen molar-refractivity contribution >= 4 is 11.3 Å². The summed E-state index contributed by atoms with van der Waals surface area (Å²) in [6.45, 7) is 2.66. The van der Waals surface area contributed by atoms with Crippen molar-refractivity contribution < 1.29 is 0 Å². The number of nitrogens with zero attached hydrogens (tertiary/aromatic N) is 3. The van der Waals surface area contributed by atoms with Gasteiger partial charge in [0.1, 0.15) is 5.82 Å². The molecule has 0 saturated carbocycles. The van der Waals surface area contributed by atoms with Gasteiger partial charge >= 0.3 is 0 Å². The average molecular weight is 284 g/mol. The van der Waals surface area contributed by atoms with Crippen LogP contribution >= 0.6 is 11.3 Å². The van der Waals surface area contributed by atoms with Crippen molar-refractivity contribution in [3.05, 3.63) is 60.0 Å². The van der Waals surface area contributed by atoms with Crippen LogP contribution in [0, 0.1) is 0 Å². The van der Waals surface area contributed by atoms with Gasteiger partial charge in [-0.25, -0.2) is 4.98 Å². The van der Waals surface area contributed by atoms with E-state index in [-0.39, 0.29) is 0 Å². The molecule has 1 N–H and O–H groups in total. The smallest absolute Gasteiger partial charge is 0.150 e. The third-order valence-corrected chi connectivity index (χ3v) is 3.90. The van der Waals surface area contributed by atoms with E-state index in [0.717, 1.165) is 25.5 Å². The minimum atomic E-state index is 0.844. The Morgan fingerprint density at radius 3 is 3.00 bits per heavy atom. The van der Waals surface area contributed by atoms with Gasteiger partial charge in [-0.15, -0.1) is 11.3 Å². The Morgan fingerprint density at radius 2 is 2.20 bits per heavy atom. The summed E-state index contributed by atoms with van der Waals surface area (Å²) in [5.41, 5.74) is 1.21. The number of rotatable bonds is 6. The van der Waals surface area contributed by atoms with Gasteiger partial charge in [-0.2, -0.15) is 0 Å². The Hall–Kier alpha value is -1.98. The molecule has 4 nitrogen and oxygen atoms in total. The molecule has 0 aliphatic carbocycles. The van der Waals surface area contributed by atoms with Crippen molar-refractivity contribution in [2.45, 2.75) is 13.1 Å². The van der Waals surface area contributed by atoms with Gasteiger partial charge in [0.25, 0.3) is 0 Å². The molecule has 0 fully saturated rings. The number of thiophene rings is 1. The first-order chi connectivity index (χ1) is 9.93. The lowest BCUT2D eigenvalue weighted by Gasteiger charge is -2.08. The van der Waals surface area contributed by atoms with Crippen LogP contribution in [0.1, 0.15) is 5.56 Å². The molecule has 3 aromatic heterocycles. The number of hydrogen-bond donors (Lipinski definition) is 1. The Morgan fingerprint density at radius 1 is 1.20 bits per heavy atom. The Kier molecular flexibility index (Phi) is 4.20. The largest absolute Gasteiger partial charge is 0.329 e. The lowest BCUT2D eigenvalue weighted by atomic mass is 10.3. The minimum Gasteiger partial charge on any atom is -0.329 e. The van der Waals surface area contributed by atoms with E-state index in [4.69, 9.17) is 0 Å². The molecule has 0 unspecified atom stereocenters. The molecule has 0 aliphatic heterocycles. The van der Waals surface area contributed by atoms with Crippen molar-refractivity contribution in [2.75, 3.05) is 6.54 Å². The predicted molar refractivity (Wildman–Crippen MR) is 81.5 cm³/mol. The molecule has 0 aromatic carbocycles. The maximum absolute atomic E-state index is 4.43. The van der Waals surface area contributed by atoms with E-state index in [1.165, 1.54) is 10.4 Å². The van der Waals surface area contributed by atoms with Crippen molar-refractivity contribution in [2.24, 2.45) is 0 Å². The van der Waals surface area contributed by atoms with Crippen molar-refractivity contribution in [3.63, 3.8) is 0 Å². The third-order valence-electron chi connectivity index (χ3n) is 3.04. The van der Waals surface area contributed by atoms with Crippen LogP contribution in [0.25, 0.3) is 10.7 Å². The molecular weight excluding hydrogens is 268 g/mol. The molecule has 3 heterocycles. The lowest BCUT2D eigenvalue weighted by molar-refractivity contribution is 0.601. The van der Waals surface area contributed by atoms with E-state index in [9.17, 15) is 0 Å². The van der Waals surface area contributed by atoms with Gasteiger partial charge in [0.2, 0.25) is 0 Å². The van der Waals surface area contributed by atoms with Crippen LogP contribution in [0.4, 0.5) is 0 Å². The summed E-state index contributed by atoms with van der Waals surface area (Å²) in [5.74, 6) is 1.04. The fourth-order valence-electron chi connectivity index (χ4n) is 2.06. The fraction of sp³-hybridized carbons (Fsp3) is 0.200. The highest BCUT2D eigenvalue weighted by molar-refractivity contribution is 7.13. The third kappa shape index (κ3) is 3.12. The zero-order chi connectivity index (χ0) is 13.6. The second-order valence-corrected chi connectivity index (χ2v) is 5.41. The first kappa shape index (κ1) is 13.0. The Bertz CT molecular complexity index is 631. The first-order valence-electron chi connectivity index (χ1n) is 6.58. The summed E-state index contributed by atoms with van der Waals surface area (Å²) >= 11 is 1.72. The van der Waals surface area contributed by atoms with E-state index in [2.05, 4.69) is 43.4 Å². The second-order valence-electron chi connectivity index (χ2n) is 4.46. The van der Waals surface area contributed by atoms with Crippen LogP contribution in [-0.2, 0) is 13.1 Å². The summed E-state index contributed by atoms with van der Waals surface area (Å²) in [5, 5.41) is 5.51. The predicted octanol–water partition coefficient (Wildman–Crippen LogP) is 2.80. The molecule has 0 bridgehead atoms. The molecule has 0 radical (unpaired) electrons. The van der Waals surface area contributed by atoms with Crippen LogP contribution in [0.15, 0.2) is 54.4 Å². The molecule has 102 valence electrons. The molecule has 3 rings (SSSR count). The summed E-state index contributed by atoms with van der Waals surface area (Å²) in [6.07, 6.45) is 7.57. The lowest BCUT2D eigenvalue weighted by Crippen LogP contribution is -2.19.